The highest BCUT2D eigenvalue weighted by Crippen LogP contribution is 2.25. The Hall–Kier alpha value is -1.40. The molecule has 2 rings (SSSR count). The molecule has 0 amide bonds. The topological polar surface area (TPSA) is 46.2 Å². The summed E-state index contributed by atoms with van der Waals surface area (Å²) in [6.07, 6.45) is 3.83. The monoisotopic (exact) mass is 356 g/mol. The molecule has 0 radical (unpaired) electrons. The largest absolute Gasteiger partial charge is 1.00 e. The van der Waals surface area contributed by atoms with Crippen LogP contribution < -0.4 is 26.4 Å². The van der Waals surface area contributed by atoms with Crippen molar-refractivity contribution in [3.8, 4) is 11.5 Å². The molecule has 0 unspecified atom stereocenters. The zero-order valence-corrected chi connectivity index (χ0v) is 14.0. The Balaban J connectivity index is 0.00000200. The zero-order valence-electron chi connectivity index (χ0n) is 11.6. The first-order valence-electron chi connectivity index (χ1n) is 6.06. The molecule has 1 aromatic carbocycles. The van der Waals surface area contributed by atoms with Gasteiger partial charge in [-0.25, -0.2) is 0 Å². The fourth-order valence-electron chi connectivity index (χ4n) is 1.74. The fraction of sp³-hybridized carbons (Fsp3) is 0.286. The van der Waals surface area contributed by atoms with E-state index >= 15 is 0 Å². The molecule has 0 atom stereocenters. The number of hydrogen-bond acceptors (Lipinski definition) is 4. The van der Waals surface area contributed by atoms with Gasteiger partial charge in [0.1, 0.15) is 11.5 Å². The molecule has 0 bridgehead atoms. The Labute approximate surface area is 133 Å². The third kappa shape index (κ3) is 3.80. The number of rotatable bonds is 4. The van der Waals surface area contributed by atoms with Gasteiger partial charge in [0.15, 0.2) is 11.6 Å². The van der Waals surface area contributed by atoms with Crippen molar-refractivity contribution in [2.75, 3.05) is 7.11 Å². The van der Waals surface area contributed by atoms with Crippen LogP contribution in [0.2, 0.25) is 0 Å². The first kappa shape index (κ1) is 16.7. The second kappa shape index (κ2) is 7.40. The predicted octanol–water partition coefficient (Wildman–Crippen LogP) is -0.352. The lowest BCUT2D eigenvalue weighted by Gasteiger charge is -2.02. The van der Waals surface area contributed by atoms with Crippen molar-refractivity contribution >= 4 is 23.5 Å². The molecule has 1 heterocycles. The van der Waals surface area contributed by atoms with E-state index in [0.717, 1.165) is 27.9 Å². The number of hydrogen-bond donors (Lipinski definition) is 1. The number of aryl methyl sites for hydroxylation is 2. The number of phenolic OH excluding ortho intramolecular Hbond substituents is 1. The minimum Gasteiger partial charge on any atom is -1.00 e. The smallest absolute Gasteiger partial charge is 0.289 e. The lowest BCUT2D eigenvalue weighted by molar-refractivity contribution is -0.747. The summed E-state index contributed by atoms with van der Waals surface area (Å²) in [7, 11) is 1.61. The van der Waals surface area contributed by atoms with E-state index < -0.39 is 0 Å². The number of methoxy groups -OCH3 is 1. The van der Waals surface area contributed by atoms with E-state index in [1.807, 2.05) is 23.8 Å². The van der Waals surface area contributed by atoms with Gasteiger partial charge in [0.05, 0.1) is 7.11 Å². The molecule has 108 valence electrons. The zero-order chi connectivity index (χ0) is 13.8. The Bertz CT molecular complexity index is 611. The van der Waals surface area contributed by atoms with Crippen molar-refractivity contribution in [3.05, 3.63) is 33.8 Å². The van der Waals surface area contributed by atoms with E-state index in [-0.39, 0.29) is 22.7 Å². The van der Waals surface area contributed by atoms with Gasteiger partial charge < -0.3 is 26.8 Å². The van der Waals surface area contributed by atoms with Crippen LogP contribution in [0.15, 0.2) is 18.2 Å². The molecule has 20 heavy (non-hydrogen) atoms. The van der Waals surface area contributed by atoms with Crippen molar-refractivity contribution in [2.24, 2.45) is 0 Å². The van der Waals surface area contributed by atoms with Gasteiger partial charge >= 0.3 is 0 Å². The summed E-state index contributed by atoms with van der Waals surface area (Å²) in [5.41, 5.74) is 0.730. The Morgan fingerprint density at radius 3 is 2.80 bits per heavy atom. The summed E-state index contributed by atoms with van der Waals surface area (Å²) >= 11 is 1.63. The maximum Gasteiger partial charge on any atom is 0.289 e. The van der Waals surface area contributed by atoms with Gasteiger partial charge in [-0.1, -0.05) is 4.68 Å². The van der Waals surface area contributed by atoms with Gasteiger partial charge in [0.25, 0.3) is 5.01 Å². The third-order valence-corrected chi connectivity index (χ3v) is 3.64. The van der Waals surface area contributed by atoms with Crippen molar-refractivity contribution in [1.29, 1.82) is 0 Å². The molecule has 4 nitrogen and oxygen atoms in total. The number of nitrogens with zero attached hydrogens (tertiary/aromatic N) is 2. The van der Waals surface area contributed by atoms with Crippen LogP contribution in [0.4, 0.5) is 0 Å². The van der Waals surface area contributed by atoms with Gasteiger partial charge in [0.2, 0.25) is 0 Å². The third-order valence-electron chi connectivity index (χ3n) is 2.71. The molecule has 1 aromatic heterocycles. The van der Waals surface area contributed by atoms with E-state index in [9.17, 15) is 5.11 Å². The molecule has 0 aliphatic carbocycles. The van der Waals surface area contributed by atoms with Crippen molar-refractivity contribution in [3.63, 3.8) is 0 Å². The van der Waals surface area contributed by atoms with Crippen LogP contribution in [0.3, 0.4) is 0 Å². The van der Waals surface area contributed by atoms with Crippen LogP contribution in [0, 0.1) is 6.92 Å². The van der Waals surface area contributed by atoms with Gasteiger partial charge in [0, 0.05) is 16.7 Å². The minimum absolute atomic E-state index is 0. The van der Waals surface area contributed by atoms with E-state index in [1.165, 1.54) is 0 Å². The van der Waals surface area contributed by atoms with Crippen molar-refractivity contribution in [1.82, 2.24) is 5.10 Å². The number of halogens is 1. The molecular weight excluding hydrogens is 340 g/mol. The minimum atomic E-state index is 0. The summed E-state index contributed by atoms with van der Waals surface area (Å²) in [6.45, 7) is 4.87. The second-order valence-electron chi connectivity index (χ2n) is 4.03. The van der Waals surface area contributed by atoms with Crippen LogP contribution >= 0.6 is 11.3 Å². The predicted molar refractivity (Wildman–Crippen MR) is 76.3 cm³/mol. The summed E-state index contributed by atoms with van der Waals surface area (Å²) < 4.78 is 7.09. The van der Waals surface area contributed by atoms with Crippen LogP contribution in [-0.2, 0) is 6.54 Å². The summed E-state index contributed by atoms with van der Waals surface area (Å²) in [5, 5.41) is 16.3. The van der Waals surface area contributed by atoms with Gasteiger partial charge in [-0.2, -0.15) is 0 Å². The molecule has 1 N–H and O–H groups in total. The SMILES string of the molecule is CC[n+]1nc(C)sc1/C=C/c1cc(OC)ccc1O.[Br-]. The van der Waals surface area contributed by atoms with Crippen LogP contribution in [0.1, 0.15) is 22.5 Å². The van der Waals surface area contributed by atoms with Crippen LogP contribution in [-0.4, -0.2) is 17.3 Å². The standard InChI is InChI=1S/C14H16N2O2S.BrH/c1-4-16-14(19-10(2)15-16)8-5-11-9-12(18-3)6-7-13(11)17;/h5-9H,4H2,1-3H3;1H. The Morgan fingerprint density at radius 2 is 2.15 bits per heavy atom. The first-order chi connectivity index (χ1) is 9.13. The summed E-state index contributed by atoms with van der Waals surface area (Å²) in [6, 6.07) is 5.16. The molecular formula is C14H17BrN2O2S. The number of phenols is 1. The molecule has 0 aliphatic heterocycles. The normalized spacial score (nSPS) is 10.6. The van der Waals surface area contributed by atoms with Crippen LogP contribution in [0.5, 0.6) is 11.5 Å². The fourth-order valence-corrected chi connectivity index (χ4v) is 2.60. The maximum atomic E-state index is 9.81. The van der Waals surface area contributed by atoms with E-state index in [4.69, 9.17) is 4.74 Å². The van der Waals surface area contributed by atoms with E-state index in [0.29, 0.717) is 0 Å². The van der Waals surface area contributed by atoms with Gasteiger partial charge in [-0.3, -0.25) is 0 Å². The maximum absolute atomic E-state index is 9.81. The quantitative estimate of drug-likeness (QED) is 0.761. The number of aromatic hydroxyl groups is 1. The van der Waals surface area contributed by atoms with Crippen LogP contribution in [0.25, 0.3) is 12.2 Å². The lowest BCUT2D eigenvalue weighted by Crippen LogP contribution is -3.00. The van der Waals surface area contributed by atoms with E-state index in [1.54, 1.807) is 36.6 Å². The number of aromatic nitrogens is 2. The molecule has 0 spiro atoms. The average molecular weight is 357 g/mol. The highest BCUT2D eigenvalue weighted by atomic mass is 79.9. The molecule has 0 aliphatic rings. The highest BCUT2D eigenvalue weighted by molar-refractivity contribution is 7.11. The molecule has 6 heteroatoms. The first-order valence-corrected chi connectivity index (χ1v) is 6.88. The highest BCUT2D eigenvalue weighted by Gasteiger charge is 2.12. The average Bonchev–Trinajstić information content (AvgIpc) is 2.78. The van der Waals surface area contributed by atoms with Gasteiger partial charge in [-0.05, 0) is 49.5 Å². The molecule has 0 fully saturated rings. The number of ether oxygens (including phenoxy) is 1. The summed E-state index contributed by atoms with van der Waals surface area (Å²) in [4.78, 5) is 0. The summed E-state index contributed by atoms with van der Waals surface area (Å²) in [5.74, 6) is 0.961. The molecule has 0 saturated carbocycles. The van der Waals surface area contributed by atoms with Crippen molar-refractivity contribution in [2.45, 2.75) is 20.4 Å². The Morgan fingerprint density at radius 1 is 1.40 bits per heavy atom. The number of benzene rings is 1. The van der Waals surface area contributed by atoms with E-state index in [2.05, 4.69) is 12.0 Å². The lowest BCUT2D eigenvalue weighted by atomic mass is 10.2. The second-order valence-corrected chi connectivity index (χ2v) is 5.25. The van der Waals surface area contributed by atoms with Crippen molar-refractivity contribution < 1.29 is 31.5 Å². The Kier molecular flexibility index (Phi) is 6.16. The molecule has 0 saturated heterocycles. The molecule has 2 aromatic rings. The van der Waals surface area contributed by atoms with Gasteiger partial charge in [-0.15, -0.1) is 0 Å².